The smallest absolute Gasteiger partial charge is 0.0105 e. The highest BCUT2D eigenvalue weighted by atomic mass is 14.5. The molecule has 2 rings (SSSR count). The molecule has 1 saturated carbocycles. The third-order valence-electron chi connectivity index (χ3n) is 3.96. The fraction of sp³-hybridized carbons (Fsp3) is 0.600. The molecule has 15 heavy (non-hydrogen) atoms. The molecule has 2 unspecified atom stereocenters. The molecule has 0 heterocycles. The summed E-state index contributed by atoms with van der Waals surface area (Å²) in [7, 11) is 0. The number of hydrogen-bond acceptors (Lipinski definition) is 0. The quantitative estimate of drug-likeness (QED) is 0.612. The third-order valence-corrected chi connectivity index (χ3v) is 3.96. The van der Waals surface area contributed by atoms with Gasteiger partial charge in [0.15, 0.2) is 0 Å². The van der Waals surface area contributed by atoms with Crippen LogP contribution in [-0.4, -0.2) is 0 Å². The van der Waals surface area contributed by atoms with Crippen molar-refractivity contribution < 1.29 is 0 Å². The highest BCUT2D eigenvalue weighted by Gasteiger charge is 2.45. The van der Waals surface area contributed by atoms with Gasteiger partial charge in [0.25, 0.3) is 0 Å². The van der Waals surface area contributed by atoms with E-state index < -0.39 is 0 Å². The topological polar surface area (TPSA) is 0 Å². The second kappa shape index (κ2) is 4.83. The summed E-state index contributed by atoms with van der Waals surface area (Å²) in [5, 5.41) is 0. The molecule has 0 radical (unpaired) electrons. The summed E-state index contributed by atoms with van der Waals surface area (Å²) < 4.78 is 0. The first-order chi connectivity index (χ1) is 7.12. The lowest BCUT2D eigenvalue weighted by Crippen LogP contribution is -2.41. The molecule has 0 saturated heterocycles. The molecule has 1 aromatic rings. The second-order valence-electron chi connectivity index (χ2n) is 4.92. The molecule has 84 valence electrons. The van der Waals surface area contributed by atoms with Gasteiger partial charge in [-0.1, -0.05) is 65.0 Å². The van der Waals surface area contributed by atoms with Crippen LogP contribution in [0, 0.1) is 11.3 Å². The Morgan fingerprint density at radius 2 is 1.60 bits per heavy atom. The van der Waals surface area contributed by atoms with Crippen LogP contribution in [0.3, 0.4) is 0 Å². The molecular weight excluding hydrogens is 180 g/mol. The zero-order valence-corrected chi connectivity index (χ0v) is 10.7. The van der Waals surface area contributed by atoms with Crippen molar-refractivity contribution in [3.63, 3.8) is 0 Å². The first-order valence-electron chi connectivity index (χ1n) is 6.17. The zero-order valence-electron chi connectivity index (χ0n) is 10.7. The van der Waals surface area contributed by atoms with Crippen molar-refractivity contribution in [2.24, 2.45) is 11.3 Å². The van der Waals surface area contributed by atoms with E-state index >= 15 is 0 Å². The lowest BCUT2D eigenvalue weighted by molar-refractivity contribution is 0.0480. The predicted octanol–water partition coefficient (Wildman–Crippen LogP) is 4.86. The van der Waals surface area contributed by atoms with Gasteiger partial charge in [-0.15, -0.1) is 0 Å². The Balaban J connectivity index is 0.000000531. The molecule has 0 bridgehead atoms. The first kappa shape index (κ1) is 12.3. The third kappa shape index (κ3) is 2.25. The molecule has 1 aromatic carbocycles. The van der Waals surface area contributed by atoms with Crippen LogP contribution >= 0.6 is 0 Å². The molecule has 0 aliphatic heterocycles. The Morgan fingerprint density at radius 3 is 2.00 bits per heavy atom. The average molecular weight is 204 g/mol. The van der Waals surface area contributed by atoms with E-state index in [1.54, 1.807) is 0 Å². The molecule has 2 atom stereocenters. The highest BCUT2D eigenvalue weighted by molar-refractivity contribution is 5.25. The molecule has 0 N–H and O–H groups in total. The largest absolute Gasteiger partial charge is 0.0683 e. The van der Waals surface area contributed by atoms with Crippen molar-refractivity contribution in [2.45, 2.75) is 47.0 Å². The SMILES string of the molecule is CC.CC1CC(c2ccccc2)C1(C)C. The monoisotopic (exact) mass is 204 g/mol. The minimum atomic E-state index is 0.501. The molecule has 0 aromatic heterocycles. The Hall–Kier alpha value is -0.780. The van der Waals surface area contributed by atoms with Crippen molar-refractivity contribution in [1.29, 1.82) is 0 Å². The summed E-state index contributed by atoms with van der Waals surface area (Å²) >= 11 is 0. The Morgan fingerprint density at radius 1 is 1.07 bits per heavy atom. The van der Waals surface area contributed by atoms with Crippen molar-refractivity contribution >= 4 is 0 Å². The van der Waals surface area contributed by atoms with Crippen LogP contribution in [0.15, 0.2) is 30.3 Å². The van der Waals surface area contributed by atoms with Crippen LogP contribution in [0.1, 0.15) is 52.5 Å². The summed E-state index contributed by atoms with van der Waals surface area (Å²) in [5.74, 6) is 1.65. The fourth-order valence-corrected chi connectivity index (χ4v) is 2.39. The minimum Gasteiger partial charge on any atom is -0.0683 e. The van der Waals surface area contributed by atoms with Gasteiger partial charge in [-0.05, 0) is 29.2 Å². The molecule has 0 heteroatoms. The zero-order chi connectivity index (χ0) is 11.5. The van der Waals surface area contributed by atoms with Gasteiger partial charge >= 0.3 is 0 Å². The molecule has 1 aliphatic carbocycles. The van der Waals surface area contributed by atoms with Gasteiger partial charge in [0.2, 0.25) is 0 Å². The molecule has 0 amide bonds. The lowest BCUT2D eigenvalue weighted by atomic mass is 9.53. The van der Waals surface area contributed by atoms with E-state index in [0.29, 0.717) is 5.41 Å². The van der Waals surface area contributed by atoms with Crippen LogP contribution in [0.5, 0.6) is 0 Å². The van der Waals surface area contributed by atoms with Crippen LogP contribution in [0.2, 0.25) is 0 Å². The maximum Gasteiger partial charge on any atom is -0.0105 e. The fourth-order valence-electron chi connectivity index (χ4n) is 2.39. The number of rotatable bonds is 1. The van der Waals surface area contributed by atoms with E-state index in [1.807, 2.05) is 13.8 Å². The average Bonchev–Trinajstić information content (AvgIpc) is 2.29. The Labute approximate surface area is 94.7 Å². The van der Waals surface area contributed by atoms with Crippen LogP contribution in [0.4, 0.5) is 0 Å². The van der Waals surface area contributed by atoms with E-state index in [0.717, 1.165) is 11.8 Å². The van der Waals surface area contributed by atoms with Crippen molar-refractivity contribution in [3.05, 3.63) is 35.9 Å². The normalized spacial score (nSPS) is 27.3. The summed E-state index contributed by atoms with van der Waals surface area (Å²) in [6.45, 7) is 11.1. The summed E-state index contributed by atoms with van der Waals surface area (Å²) in [5.41, 5.74) is 2.02. The van der Waals surface area contributed by atoms with Crippen LogP contribution < -0.4 is 0 Å². The Kier molecular flexibility index (Phi) is 3.96. The van der Waals surface area contributed by atoms with Crippen LogP contribution in [-0.2, 0) is 0 Å². The summed E-state index contributed by atoms with van der Waals surface area (Å²) in [4.78, 5) is 0. The second-order valence-corrected chi connectivity index (χ2v) is 4.92. The summed E-state index contributed by atoms with van der Waals surface area (Å²) in [6.07, 6.45) is 1.36. The van der Waals surface area contributed by atoms with E-state index in [2.05, 4.69) is 51.1 Å². The number of hydrogen-bond donors (Lipinski definition) is 0. The van der Waals surface area contributed by atoms with E-state index in [1.165, 1.54) is 12.0 Å². The lowest BCUT2D eigenvalue weighted by Gasteiger charge is -2.51. The predicted molar refractivity (Wildman–Crippen MR) is 68.1 cm³/mol. The molecule has 0 nitrogen and oxygen atoms in total. The van der Waals surface area contributed by atoms with Gasteiger partial charge in [-0.2, -0.15) is 0 Å². The van der Waals surface area contributed by atoms with E-state index in [4.69, 9.17) is 0 Å². The molecule has 0 spiro atoms. The maximum absolute atomic E-state index is 2.39. The van der Waals surface area contributed by atoms with Gasteiger partial charge in [0, 0.05) is 0 Å². The van der Waals surface area contributed by atoms with Gasteiger partial charge in [0.05, 0.1) is 0 Å². The standard InChI is InChI=1S/C13H18.C2H6/c1-10-9-12(13(10,2)3)11-7-5-4-6-8-11;1-2/h4-8,10,12H,9H2,1-3H3;1-2H3. The minimum absolute atomic E-state index is 0.501. The summed E-state index contributed by atoms with van der Waals surface area (Å²) in [6, 6.07) is 10.9. The van der Waals surface area contributed by atoms with E-state index in [-0.39, 0.29) is 0 Å². The highest BCUT2D eigenvalue weighted by Crippen LogP contribution is 2.56. The van der Waals surface area contributed by atoms with Crippen molar-refractivity contribution in [1.82, 2.24) is 0 Å². The molecular formula is C15H24. The first-order valence-corrected chi connectivity index (χ1v) is 6.17. The van der Waals surface area contributed by atoms with Gasteiger partial charge in [0.1, 0.15) is 0 Å². The van der Waals surface area contributed by atoms with Crippen molar-refractivity contribution in [3.8, 4) is 0 Å². The van der Waals surface area contributed by atoms with Crippen molar-refractivity contribution in [2.75, 3.05) is 0 Å². The molecule has 1 fully saturated rings. The maximum atomic E-state index is 2.39. The van der Waals surface area contributed by atoms with Gasteiger partial charge in [-0.25, -0.2) is 0 Å². The Bertz CT molecular complexity index is 284. The molecule has 1 aliphatic rings. The van der Waals surface area contributed by atoms with Gasteiger partial charge < -0.3 is 0 Å². The van der Waals surface area contributed by atoms with E-state index in [9.17, 15) is 0 Å². The van der Waals surface area contributed by atoms with Crippen LogP contribution in [0.25, 0.3) is 0 Å². The number of benzene rings is 1. The van der Waals surface area contributed by atoms with Gasteiger partial charge in [-0.3, -0.25) is 0 Å².